The maximum absolute atomic E-state index is 2.57. The Bertz CT molecular complexity index is 102. The summed E-state index contributed by atoms with van der Waals surface area (Å²) in [6, 6.07) is 0. The second-order valence-corrected chi connectivity index (χ2v) is 6.41. The third-order valence-electron chi connectivity index (χ3n) is 3.85. The predicted molar refractivity (Wildman–Crippen MR) is 50.0 cm³/mol. The molecular formula is C8H15I. The van der Waals surface area contributed by atoms with Crippen LogP contribution in [0.1, 0.15) is 34.6 Å². The molecule has 0 amide bonds. The summed E-state index contributed by atoms with van der Waals surface area (Å²) in [7, 11) is 0. The molecule has 0 aromatic rings. The summed E-state index contributed by atoms with van der Waals surface area (Å²) in [6.45, 7) is 11.7. The molecule has 0 radical (unpaired) electrons. The van der Waals surface area contributed by atoms with Crippen LogP contribution >= 0.6 is 22.6 Å². The fourth-order valence-electron chi connectivity index (χ4n) is 1.53. The Balaban J connectivity index is 2.91. The molecule has 9 heavy (non-hydrogen) atoms. The van der Waals surface area contributed by atoms with E-state index in [-0.39, 0.29) is 0 Å². The molecule has 1 aliphatic rings. The molecule has 54 valence electrons. The van der Waals surface area contributed by atoms with Gasteiger partial charge in [-0.15, -0.1) is 0 Å². The van der Waals surface area contributed by atoms with Crippen LogP contribution in [-0.2, 0) is 0 Å². The zero-order chi connectivity index (χ0) is 7.50. The normalized spacial score (nSPS) is 34.0. The second kappa shape index (κ2) is 1.49. The first-order chi connectivity index (χ1) is 3.75. The van der Waals surface area contributed by atoms with Crippen molar-refractivity contribution in [2.75, 3.05) is 0 Å². The molecule has 0 nitrogen and oxygen atoms in total. The van der Waals surface area contributed by atoms with Crippen LogP contribution in [0.15, 0.2) is 0 Å². The van der Waals surface area contributed by atoms with Crippen LogP contribution in [0.5, 0.6) is 0 Å². The van der Waals surface area contributed by atoms with E-state index in [1.54, 1.807) is 0 Å². The van der Waals surface area contributed by atoms with Crippen molar-refractivity contribution in [2.45, 2.75) is 38.0 Å². The van der Waals surface area contributed by atoms with E-state index >= 15 is 0 Å². The van der Waals surface area contributed by atoms with Crippen molar-refractivity contribution >= 4 is 22.6 Å². The third kappa shape index (κ3) is 0.597. The molecule has 0 unspecified atom stereocenters. The van der Waals surface area contributed by atoms with Crippen LogP contribution in [0.2, 0.25) is 0 Å². The van der Waals surface area contributed by atoms with Crippen molar-refractivity contribution in [1.29, 1.82) is 0 Å². The van der Waals surface area contributed by atoms with Gasteiger partial charge in [-0.1, -0.05) is 50.3 Å². The topological polar surface area (TPSA) is 0 Å². The van der Waals surface area contributed by atoms with E-state index in [1.165, 1.54) is 0 Å². The van der Waals surface area contributed by atoms with Gasteiger partial charge in [-0.05, 0) is 17.8 Å². The number of hydrogen-bond acceptors (Lipinski definition) is 0. The molecule has 0 bridgehead atoms. The quantitative estimate of drug-likeness (QED) is 0.449. The van der Waals surface area contributed by atoms with Crippen LogP contribution in [0.25, 0.3) is 0 Å². The van der Waals surface area contributed by atoms with Gasteiger partial charge in [-0.3, -0.25) is 0 Å². The first kappa shape index (κ1) is 7.83. The van der Waals surface area contributed by atoms with Gasteiger partial charge in [0, 0.05) is 3.42 Å². The summed E-state index contributed by atoms with van der Waals surface area (Å²) in [5.74, 6) is 0. The minimum atomic E-state index is 0.512. The molecule has 0 heterocycles. The first-order valence-corrected chi connectivity index (χ1v) is 4.52. The lowest BCUT2D eigenvalue weighted by molar-refractivity contribution is 0.457. The predicted octanol–water partition coefficient (Wildman–Crippen LogP) is 3.25. The molecule has 1 aliphatic carbocycles. The molecule has 0 aliphatic heterocycles. The fraction of sp³-hybridized carbons (Fsp3) is 1.00. The highest BCUT2D eigenvalue weighted by atomic mass is 127. The molecule has 0 atom stereocenters. The summed E-state index contributed by atoms with van der Waals surface area (Å²) in [5.41, 5.74) is 1.06. The van der Waals surface area contributed by atoms with Gasteiger partial charge in [0.05, 0.1) is 0 Å². The Hall–Kier alpha value is 0.730. The smallest absolute Gasteiger partial charge is 0.0307 e. The third-order valence-corrected chi connectivity index (χ3v) is 6.54. The highest BCUT2D eigenvalue weighted by Gasteiger charge is 2.72. The molecule has 0 spiro atoms. The molecular weight excluding hydrogens is 223 g/mol. The average Bonchev–Trinajstić information content (AvgIpc) is 1.84. The molecule has 0 aromatic carbocycles. The van der Waals surface area contributed by atoms with E-state index < -0.39 is 0 Å². The van der Waals surface area contributed by atoms with Crippen molar-refractivity contribution in [3.8, 4) is 0 Å². The van der Waals surface area contributed by atoms with Gasteiger partial charge in [0.25, 0.3) is 0 Å². The van der Waals surface area contributed by atoms with Crippen LogP contribution in [0, 0.1) is 10.8 Å². The van der Waals surface area contributed by atoms with Crippen LogP contribution in [0.4, 0.5) is 0 Å². The molecule has 1 heteroatoms. The number of rotatable bonds is 0. The summed E-state index contributed by atoms with van der Waals surface area (Å²) in [6.07, 6.45) is 0. The number of hydrogen-bond donors (Lipinski definition) is 0. The molecule has 0 aromatic heterocycles. The molecule has 0 saturated heterocycles. The van der Waals surface area contributed by atoms with E-state index in [0.717, 1.165) is 0 Å². The summed E-state index contributed by atoms with van der Waals surface area (Å²) in [5, 5.41) is 0. The Labute approximate surface area is 71.5 Å². The Morgan fingerprint density at radius 1 is 0.778 bits per heavy atom. The largest absolute Gasteiger partial charge is 0.0780 e. The van der Waals surface area contributed by atoms with E-state index in [2.05, 4.69) is 57.2 Å². The lowest BCUT2D eigenvalue weighted by Gasteiger charge is -2.03. The van der Waals surface area contributed by atoms with Gasteiger partial charge in [0.1, 0.15) is 0 Å². The maximum atomic E-state index is 2.57. The second-order valence-electron chi connectivity index (χ2n) is 4.25. The summed E-state index contributed by atoms with van der Waals surface area (Å²) in [4.78, 5) is 0. The summed E-state index contributed by atoms with van der Waals surface area (Å²) >= 11 is 2.57. The van der Waals surface area contributed by atoms with Gasteiger partial charge >= 0.3 is 0 Å². The van der Waals surface area contributed by atoms with Gasteiger partial charge in [0.15, 0.2) is 0 Å². The zero-order valence-electron chi connectivity index (χ0n) is 6.88. The highest BCUT2D eigenvalue weighted by molar-refractivity contribution is 14.1. The number of halogens is 1. The zero-order valence-corrected chi connectivity index (χ0v) is 9.04. The molecule has 1 saturated carbocycles. The van der Waals surface area contributed by atoms with Crippen LogP contribution in [-0.4, -0.2) is 3.42 Å². The van der Waals surface area contributed by atoms with Crippen molar-refractivity contribution < 1.29 is 0 Å². The van der Waals surface area contributed by atoms with Gasteiger partial charge in [0.2, 0.25) is 0 Å². The lowest BCUT2D eigenvalue weighted by Crippen LogP contribution is -1.99. The van der Waals surface area contributed by atoms with Crippen molar-refractivity contribution in [3.63, 3.8) is 0 Å². The van der Waals surface area contributed by atoms with Crippen LogP contribution in [0.3, 0.4) is 0 Å². The average molecular weight is 238 g/mol. The molecule has 1 fully saturated rings. The van der Waals surface area contributed by atoms with Gasteiger partial charge in [-0.2, -0.15) is 0 Å². The number of alkyl halides is 1. The van der Waals surface area contributed by atoms with Crippen molar-refractivity contribution in [3.05, 3.63) is 0 Å². The Kier molecular flexibility index (Phi) is 1.29. The van der Waals surface area contributed by atoms with Crippen molar-refractivity contribution in [2.24, 2.45) is 10.8 Å². The fourth-order valence-corrected chi connectivity index (χ4v) is 2.74. The Morgan fingerprint density at radius 2 is 0.889 bits per heavy atom. The van der Waals surface area contributed by atoms with Crippen molar-refractivity contribution in [1.82, 2.24) is 0 Å². The van der Waals surface area contributed by atoms with Gasteiger partial charge < -0.3 is 0 Å². The SMILES string of the molecule is CC1(C)C(C)(C)C1(C)I. The van der Waals surface area contributed by atoms with E-state index in [0.29, 0.717) is 14.3 Å². The monoisotopic (exact) mass is 238 g/mol. The highest BCUT2D eigenvalue weighted by Crippen LogP contribution is 2.75. The van der Waals surface area contributed by atoms with E-state index in [9.17, 15) is 0 Å². The van der Waals surface area contributed by atoms with Crippen LogP contribution < -0.4 is 0 Å². The maximum Gasteiger partial charge on any atom is 0.0307 e. The summed E-state index contributed by atoms with van der Waals surface area (Å²) < 4.78 is 0.512. The van der Waals surface area contributed by atoms with E-state index in [4.69, 9.17) is 0 Å². The lowest BCUT2D eigenvalue weighted by atomic mass is 10.0. The standard InChI is InChI=1S/C8H15I/c1-6(2)7(3,4)8(6,5)9/h1-5H3. The minimum Gasteiger partial charge on any atom is -0.0780 e. The molecule has 1 rings (SSSR count). The minimum absolute atomic E-state index is 0.512. The Morgan fingerprint density at radius 3 is 0.889 bits per heavy atom. The van der Waals surface area contributed by atoms with E-state index in [1.807, 2.05) is 0 Å². The molecule has 0 N–H and O–H groups in total. The first-order valence-electron chi connectivity index (χ1n) is 3.44. The van der Waals surface area contributed by atoms with Gasteiger partial charge in [-0.25, -0.2) is 0 Å².